The number of carbonyl (C=O) groups is 2. The third kappa shape index (κ3) is 2.30. The molecular formula is C16H22N4O3S. The van der Waals surface area contributed by atoms with E-state index in [0.29, 0.717) is 26.2 Å². The second-order valence-corrected chi connectivity index (χ2v) is 8.26. The number of aromatic nitrogens is 2. The van der Waals surface area contributed by atoms with Crippen molar-refractivity contribution in [1.82, 2.24) is 15.1 Å². The first kappa shape index (κ1) is 15.8. The van der Waals surface area contributed by atoms with Crippen LogP contribution in [0.4, 0.5) is 5.13 Å². The molecule has 1 aromatic heterocycles. The monoisotopic (exact) mass is 350 g/mol. The van der Waals surface area contributed by atoms with Crippen molar-refractivity contribution in [3.05, 3.63) is 5.01 Å². The SMILES string of the molecule is CCc1nnc(N2C[C@H]3CN(C(=O)C4CCC4)C[C@@]3(C(=O)O)C2)s1. The van der Waals surface area contributed by atoms with E-state index in [0.717, 1.165) is 35.8 Å². The number of nitrogens with zero attached hydrogens (tertiary/aromatic N) is 4. The minimum Gasteiger partial charge on any atom is -0.481 e. The van der Waals surface area contributed by atoms with E-state index in [1.165, 1.54) is 11.3 Å². The number of hydrogen-bond donors (Lipinski definition) is 1. The lowest BCUT2D eigenvalue weighted by atomic mass is 9.81. The first-order valence-corrected chi connectivity index (χ1v) is 9.44. The van der Waals surface area contributed by atoms with Crippen molar-refractivity contribution in [2.24, 2.45) is 17.3 Å². The van der Waals surface area contributed by atoms with E-state index in [9.17, 15) is 14.7 Å². The Balaban J connectivity index is 1.52. The number of carboxylic acid groups (broad SMARTS) is 1. The first-order chi connectivity index (χ1) is 11.5. The summed E-state index contributed by atoms with van der Waals surface area (Å²) in [6.07, 6.45) is 3.86. The highest BCUT2D eigenvalue weighted by Gasteiger charge is 2.59. The summed E-state index contributed by atoms with van der Waals surface area (Å²) < 4.78 is 0. The molecule has 4 rings (SSSR count). The molecule has 24 heavy (non-hydrogen) atoms. The van der Waals surface area contributed by atoms with Crippen LogP contribution >= 0.6 is 11.3 Å². The van der Waals surface area contributed by atoms with Gasteiger partial charge in [0.1, 0.15) is 10.4 Å². The van der Waals surface area contributed by atoms with Crippen LogP contribution in [-0.2, 0) is 16.0 Å². The van der Waals surface area contributed by atoms with Gasteiger partial charge in [-0.1, -0.05) is 24.7 Å². The number of carbonyl (C=O) groups excluding carboxylic acids is 1. The van der Waals surface area contributed by atoms with Gasteiger partial charge in [-0.2, -0.15) is 0 Å². The lowest BCUT2D eigenvalue weighted by Gasteiger charge is -2.31. The van der Waals surface area contributed by atoms with Crippen LogP contribution in [-0.4, -0.2) is 58.3 Å². The Bertz CT molecular complexity index is 674. The number of aryl methyl sites for hydroxylation is 1. The largest absolute Gasteiger partial charge is 0.481 e. The Morgan fingerprint density at radius 2 is 2.08 bits per heavy atom. The van der Waals surface area contributed by atoms with E-state index < -0.39 is 11.4 Å². The maximum Gasteiger partial charge on any atom is 0.313 e. The number of carboxylic acids is 1. The second-order valence-electron chi connectivity index (χ2n) is 7.22. The van der Waals surface area contributed by atoms with Gasteiger partial charge in [-0.3, -0.25) is 9.59 Å². The molecule has 1 N–H and O–H groups in total. The van der Waals surface area contributed by atoms with Gasteiger partial charge in [-0.25, -0.2) is 0 Å². The van der Waals surface area contributed by atoms with Crippen LogP contribution in [0.15, 0.2) is 0 Å². The van der Waals surface area contributed by atoms with Gasteiger partial charge in [0.2, 0.25) is 11.0 Å². The summed E-state index contributed by atoms with van der Waals surface area (Å²) in [5.41, 5.74) is -0.864. The summed E-state index contributed by atoms with van der Waals surface area (Å²) >= 11 is 1.53. The summed E-state index contributed by atoms with van der Waals surface area (Å²) in [5, 5.41) is 20.0. The summed E-state index contributed by atoms with van der Waals surface area (Å²) in [6, 6.07) is 0. The third-order valence-electron chi connectivity index (χ3n) is 5.83. The van der Waals surface area contributed by atoms with Crippen molar-refractivity contribution in [2.75, 3.05) is 31.1 Å². The molecule has 7 nitrogen and oxygen atoms in total. The molecule has 1 aliphatic carbocycles. The van der Waals surface area contributed by atoms with Crippen LogP contribution in [0.3, 0.4) is 0 Å². The van der Waals surface area contributed by atoms with Gasteiger partial charge >= 0.3 is 5.97 Å². The molecule has 2 aliphatic heterocycles. The van der Waals surface area contributed by atoms with Gasteiger partial charge in [-0.05, 0) is 19.3 Å². The average molecular weight is 350 g/mol. The third-order valence-corrected chi connectivity index (χ3v) is 6.96. The Morgan fingerprint density at radius 1 is 1.29 bits per heavy atom. The zero-order valence-electron chi connectivity index (χ0n) is 13.8. The maximum atomic E-state index is 12.5. The molecule has 3 aliphatic rings. The number of rotatable bonds is 4. The first-order valence-electron chi connectivity index (χ1n) is 8.63. The van der Waals surface area contributed by atoms with Crippen LogP contribution in [0.2, 0.25) is 0 Å². The fraction of sp³-hybridized carbons (Fsp3) is 0.750. The van der Waals surface area contributed by atoms with Gasteiger partial charge < -0.3 is 14.9 Å². The highest BCUT2D eigenvalue weighted by atomic mass is 32.1. The molecule has 0 radical (unpaired) electrons. The fourth-order valence-corrected chi connectivity index (χ4v) is 4.90. The van der Waals surface area contributed by atoms with E-state index >= 15 is 0 Å². The van der Waals surface area contributed by atoms with E-state index in [2.05, 4.69) is 10.2 Å². The standard InChI is InChI=1S/C16H22N4O3S/c1-2-12-17-18-15(24-12)20-7-11-6-19(13(21)10-4-3-5-10)8-16(11,9-20)14(22)23/h10-11H,2-9H2,1H3,(H,22,23)/t11-,16-/m1/s1. The minimum atomic E-state index is -0.864. The summed E-state index contributed by atoms with van der Waals surface area (Å²) in [7, 11) is 0. The molecule has 8 heteroatoms. The lowest BCUT2D eigenvalue weighted by molar-refractivity contribution is -0.149. The van der Waals surface area contributed by atoms with Crippen LogP contribution in [0.1, 0.15) is 31.2 Å². The van der Waals surface area contributed by atoms with E-state index in [-0.39, 0.29) is 17.7 Å². The van der Waals surface area contributed by atoms with Crippen molar-refractivity contribution in [2.45, 2.75) is 32.6 Å². The smallest absolute Gasteiger partial charge is 0.313 e. The van der Waals surface area contributed by atoms with Crippen molar-refractivity contribution < 1.29 is 14.7 Å². The van der Waals surface area contributed by atoms with Gasteiger partial charge in [0.05, 0.1) is 0 Å². The van der Waals surface area contributed by atoms with Gasteiger partial charge in [0.15, 0.2) is 0 Å². The lowest BCUT2D eigenvalue weighted by Crippen LogP contribution is -2.44. The minimum absolute atomic E-state index is 0.0343. The quantitative estimate of drug-likeness (QED) is 0.879. The number of aliphatic carboxylic acids is 1. The van der Waals surface area contributed by atoms with Gasteiger partial charge in [-0.15, -0.1) is 10.2 Å². The fourth-order valence-electron chi connectivity index (χ4n) is 4.11. The number of likely N-dealkylation sites (tertiary alicyclic amines) is 1. The second kappa shape index (κ2) is 5.68. The molecule has 0 spiro atoms. The van der Waals surface area contributed by atoms with E-state index in [1.807, 2.05) is 11.8 Å². The number of hydrogen-bond acceptors (Lipinski definition) is 6. The molecule has 3 fully saturated rings. The van der Waals surface area contributed by atoms with E-state index in [4.69, 9.17) is 0 Å². The number of amides is 1. The normalized spacial score (nSPS) is 29.6. The molecule has 1 saturated carbocycles. The molecule has 1 amide bonds. The molecule has 0 unspecified atom stereocenters. The summed E-state index contributed by atoms with van der Waals surface area (Å²) in [4.78, 5) is 28.4. The topological polar surface area (TPSA) is 86.6 Å². The Kier molecular flexibility index (Phi) is 3.74. The van der Waals surface area contributed by atoms with Crippen molar-refractivity contribution >= 4 is 28.3 Å². The molecule has 0 aromatic carbocycles. The predicted molar refractivity (Wildman–Crippen MR) is 89.0 cm³/mol. The average Bonchev–Trinajstić information content (AvgIpc) is 3.17. The van der Waals surface area contributed by atoms with Gasteiger partial charge in [0.25, 0.3) is 0 Å². The van der Waals surface area contributed by atoms with Crippen LogP contribution in [0.25, 0.3) is 0 Å². The Labute approximate surface area is 144 Å². The van der Waals surface area contributed by atoms with E-state index in [1.54, 1.807) is 4.90 Å². The predicted octanol–water partition coefficient (Wildman–Crippen LogP) is 1.25. The molecule has 130 valence electrons. The summed E-state index contributed by atoms with van der Waals surface area (Å²) in [5.74, 6) is -0.541. The highest BCUT2D eigenvalue weighted by Crippen LogP contribution is 2.45. The zero-order valence-corrected chi connectivity index (χ0v) is 14.6. The van der Waals surface area contributed by atoms with Crippen molar-refractivity contribution in [3.63, 3.8) is 0 Å². The van der Waals surface area contributed by atoms with Crippen molar-refractivity contribution in [3.8, 4) is 0 Å². The Morgan fingerprint density at radius 3 is 2.62 bits per heavy atom. The molecule has 0 bridgehead atoms. The molecular weight excluding hydrogens is 328 g/mol. The molecule has 2 atom stereocenters. The van der Waals surface area contributed by atoms with Crippen LogP contribution in [0.5, 0.6) is 0 Å². The molecule has 1 aromatic rings. The summed E-state index contributed by atoms with van der Waals surface area (Å²) in [6.45, 7) is 3.97. The number of fused-ring (bicyclic) bond motifs is 1. The zero-order chi connectivity index (χ0) is 16.9. The van der Waals surface area contributed by atoms with Crippen LogP contribution < -0.4 is 4.90 Å². The highest BCUT2D eigenvalue weighted by molar-refractivity contribution is 7.15. The maximum absolute atomic E-state index is 12.5. The Hall–Kier alpha value is -1.70. The van der Waals surface area contributed by atoms with Crippen molar-refractivity contribution in [1.29, 1.82) is 0 Å². The van der Waals surface area contributed by atoms with Gasteiger partial charge in [0, 0.05) is 38.0 Å². The van der Waals surface area contributed by atoms with Crippen LogP contribution in [0, 0.1) is 17.3 Å². The molecule has 2 saturated heterocycles. The number of anilines is 1. The molecule has 3 heterocycles.